The summed E-state index contributed by atoms with van der Waals surface area (Å²) in [5.41, 5.74) is 2.64. The predicted molar refractivity (Wildman–Crippen MR) is 91.4 cm³/mol. The Hall–Kier alpha value is -1.85. The number of hydrogen-bond donors (Lipinski definition) is 1. The number of para-hydroxylation sites is 1. The first-order valence-electron chi connectivity index (χ1n) is 7.49. The quantitative estimate of drug-likeness (QED) is 0.845. The Morgan fingerprint density at radius 1 is 1.00 bits per heavy atom. The van der Waals surface area contributed by atoms with E-state index in [9.17, 15) is 13.5 Å². The molecule has 0 fully saturated rings. The molecule has 0 saturated carbocycles. The van der Waals surface area contributed by atoms with E-state index in [0.29, 0.717) is 5.75 Å². The number of ether oxygens (including phenoxy) is 1. The first-order chi connectivity index (χ1) is 10.9. The van der Waals surface area contributed by atoms with E-state index in [1.807, 2.05) is 50.2 Å². The van der Waals surface area contributed by atoms with Crippen LogP contribution in [0.4, 0.5) is 0 Å². The van der Waals surface area contributed by atoms with E-state index in [1.54, 1.807) is 12.1 Å². The van der Waals surface area contributed by atoms with Crippen LogP contribution in [0.1, 0.15) is 16.7 Å². The molecule has 0 aliphatic carbocycles. The number of benzene rings is 2. The van der Waals surface area contributed by atoms with E-state index in [1.165, 1.54) is 0 Å². The van der Waals surface area contributed by atoms with Gasteiger partial charge in [-0.05, 0) is 36.6 Å². The molecule has 4 nitrogen and oxygen atoms in total. The maximum atomic E-state index is 12.2. The van der Waals surface area contributed by atoms with Crippen LogP contribution < -0.4 is 4.74 Å². The standard InChI is InChI=1S/C18H22O4S/c1-14-7-3-5-9-16(14)12-23(20,21)13-17(19)11-22-18-10-6-4-8-15(18)2/h3-10,17,19H,11-13H2,1-2H3. The van der Waals surface area contributed by atoms with Gasteiger partial charge in [0.15, 0.2) is 9.84 Å². The summed E-state index contributed by atoms with van der Waals surface area (Å²) in [6.07, 6.45) is -1.05. The van der Waals surface area contributed by atoms with Crippen LogP contribution in [0.3, 0.4) is 0 Å². The molecule has 0 aromatic heterocycles. The van der Waals surface area contributed by atoms with Crippen molar-refractivity contribution in [3.8, 4) is 5.75 Å². The van der Waals surface area contributed by atoms with Crippen LogP contribution in [-0.4, -0.2) is 32.0 Å². The number of aliphatic hydroxyl groups excluding tert-OH is 1. The minimum Gasteiger partial charge on any atom is -0.491 e. The van der Waals surface area contributed by atoms with Crippen molar-refractivity contribution in [2.45, 2.75) is 25.7 Å². The van der Waals surface area contributed by atoms with Gasteiger partial charge >= 0.3 is 0 Å². The fourth-order valence-electron chi connectivity index (χ4n) is 2.31. The minimum atomic E-state index is -3.40. The van der Waals surface area contributed by atoms with Gasteiger partial charge < -0.3 is 9.84 Å². The molecule has 5 heteroatoms. The summed E-state index contributed by atoms with van der Waals surface area (Å²) < 4.78 is 30.0. The van der Waals surface area contributed by atoms with Crippen LogP contribution in [-0.2, 0) is 15.6 Å². The molecule has 0 bridgehead atoms. The van der Waals surface area contributed by atoms with E-state index in [4.69, 9.17) is 4.74 Å². The molecule has 0 saturated heterocycles. The highest BCUT2D eigenvalue weighted by Crippen LogP contribution is 2.17. The zero-order valence-electron chi connectivity index (χ0n) is 13.4. The van der Waals surface area contributed by atoms with Crippen molar-refractivity contribution in [1.82, 2.24) is 0 Å². The summed E-state index contributed by atoms with van der Waals surface area (Å²) in [6.45, 7) is 3.73. The molecule has 0 radical (unpaired) electrons. The monoisotopic (exact) mass is 334 g/mol. The van der Waals surface area contributed by atoms with Gasteiger partial charge in [-0.25, -0.2) is 8.42 Å². The maximum absolute atomic E-state index is 12.2. The first-order valence-corrected chi connectivity index (χ1v) is 9.31. The van der Waals surface area contributed by atoms with E-state index in [-0.39, 0.29) is 18.1 Å². The van der Waals surface area contributed by atoms with Gasteiger partial charge in [-0.15, -0.1) is 0 Å². The molecule has 0 spiro atoms. The molecule has 1 N–H and O–H groups in total. The Kier molecular flexibility index (Phi) is 5.80. The fraction of sp³-hybridized carbons (Fsp3) is 0.333. The second kappa shape index (κ2) is 7.62. The van der Waals surface area contributed by atoms with Gasteiger partial charge in [0.1, 0.15) is 18.5 Å². The fourth-order valence-corrected chi connectivity index (χ4v) is 3.91. The van der Waals surface area contributed by atoms with Gasteiger partial charge in [-0.1, -0.05) is 42.5 Å². The molecule has 0 aliphatic heterocycles. The van der Waals surface area contributed by atoms with Crippen molar-refractivity contribution in [3.05, 3.63) is 65.2 Å². The maximum Gasteiger partial charge on any atom is 0.157 e. The summed E-state index contributed by atoms with van der Waals surface area (Å²) >= 11 is 0. The largest absolute Gasteiger partial charge is 0.491 e. The number of sulfone groups is 1. The zero-order valence-corrected chi connectivity index (χ0v) is 14.2. The van der Waals surface area contributed by atoms with Crippen molar-refractivity contribution in [3.63, 3.8) is 0 Å². The second-order valence-corrected chi connectivity index (χ2v) is 7.82. The van der Waals surface area contributed by atoms with Crippen molar-refractivity contribution in [2.24, 2.45) is 0 Å². The van der Waals surface area contributed by atoms with Crippen molar-refractivity contribution in [1.29, 1.82) is 0 Å². The average Bonchev–Trinajstić information content (AvgIpc) is 2.48. The topological polar surface area (TPSA) is 63.6 Å². The van der Waals surface area contributed by atoms with E-state index in [0.717, 1.165) is 16.7 Å². The van der Waals surface area contributed by atoms with Crippen LogP contribution in [0.25, 0.3) is 0 Å². The Labute approximate surface area is 137 Å². The smallest absolute Gasteiger partial charge is 0.157 e. The molecule has 23 heavy (non-hydrogen) atoms. The molecule has 2 rings (SSSR count). The molecule has 0 aliphatic rings. The Bertz CT molecular complexity index is 753. The molecule has 0 heterocycles. The van der Waals surface area contributed by atoms with Crippen LogP contribution >= 0.6 is 0 Å². The summed E-state index contributed by atoms with van der Waals surface area (Å²) in [5.74, 6) is 0.275. The normalized spacial score (nSPS) is 12.8. The highest BCUT2D eigenvalue weighted by Gasteiger charge is 2.19. The molecule has 2 aromatic rings. The molecular weight excluding hydrogens is 312 g/mol. The van der Waals surface area contributed by atoms with Crippen LogP contribution in [0, 0.1) is 13.8 Å². The zero-order chi connectivity index (χ0) is 16.9. The van der Waals surface area contributed by atoms with Gasteiger partial charge in [0.2, 0.25) is 0 Å². The van der Waals surface area contributed by atoms with Crippen molar-refractivity contribution >= 4 is 9.84 Å². The summed E-state index contributed by atoms with van der Waals surface area (Å²) in [6, 6.07) is 14.8. The third-order valence-electron chi connectivity index (χ3n) is 3.61. The van der Waals surface area contributed by atoms with Crippen molar-refractivity contribution in [2.75, 3.05) is 12.4 Å². The van der Waals surface area contributed by atoms with Gasteiger partial charge in [0, 0.05) is 0 Å². The molecule has 1 unspecified atom stereocenters. The van der Waals surface area contributed by atoms with Gasteiger partial charge in [0.25, 0.3) is 0 Å². The first kappa shape index (κ1) is 17.5. The van der Waals surface area contributed by atoms with E-state index in [2.05, 4.69) is 0 Å². The lowest BCUT2D eigenvalue weighted by Crippen LogP contribution is -2.28. The number of hydrogen-bond acceptors (Lipinski definition) is 4. The number of aliphatic hydroxyl groups is 1. The van der Waals surface area contributed by atoms with Crippen molar-refractivity contribution < 1.29 is 18.3 Å². The van der Waals surface area contributed by atoms with Gasteiger partial charge in [-0.3, -0.25) is 0 Å². The molecule has 2 aromatic carbocycles. The lowest BCUT2D eigenvalue weighted by molar-refractivity contribution is 0.124. The van der Waals surface area contributed by atoms with E-state index >= 15 is 0 Å². The molecular formula is C18H22O4S. The third kappa shape index (κ3) is 5.37. The predicted octanol–water partition coefficient (Wildman–Crippen LogP) is 2.66. The SMILES string of the molecule is Cc1ccccc1CS(=O)(=O)CC(O)COc1ccccc1C. The van der Waals surface area contributed by atoms with Gasteiger partial charge in [0.05, 0.1) is 11.5 Å². The van der Waals surface area contributed by atoms with Gasteiger partial charge in [-0.2, -0.15) is 0 Å². The van der Waals surface area contributed by atoms with Crippen LogP contribution in [0.5, 0.6) is 5.75 Å². The Morgan fingerprint density at radius 2 is 1.61 bits per heavy atom. The Balaban J connectivity index is 1.92. The average molecular weight is 334 g/mol. The van der Waals surface area contributed by atoms with Crippen LogP contribution in [0.15, 0.2) is 48.5 Å². The Morgan fingerprint density at radius 3 is 2.26 bits per heavy atom. The minimum absolute atomic E-state index is 0.0438. The summed E-state index contributed by atoms with van der Waals surface area (Å²) in [7, 11) is -3.40. The highest BCUT2D eigenvalue weighted by molar-refractivity contribution is 7.90. The van der Waals surface area contributed by atoms with E-state index < -0.39 is 15.9 Å². The third-order valence-corrected chi connectivity index (χ3v) is 5.25. The lowest BCUT2D eigenvalue weighted by Gasteiger charge is -2.14. The number of rotatable bonds is 7. The lowest BCUT2D eigenvalue weighted by atomic mass is 10.1. The summed E-state index contributed by atoms with van der Waals surface area (Å²) in [4.78, 5) is 0. The second-order valence-electron chi connectivity index (χ2n) is 5.71. The highest BCUT2D eigenvalue weighted by atomic mass is 32.2. The van der Waals surface area contributed by atoms with Crippen LogP contribution in [0.2, 0.25) is 0 Å². The molecule has 1 atom stereocenters. The number of aryl methyl sites for hydroxylation is 2. The summed E-state index contributed by atoms with van der Waals surface area (Å²) in [5, 5.41) is 9.98. The molecule has 0 amide bonds. The molecule has 124 valence electrons.